The number of nitrogens with zero attached hydrogens (tertiary/aromatic N) is 2. The second-order valence-corrected chi connectivity index (χ2v) is 14.7. The molecule has 1 fully saturated rings. The van der Waals surface area contributed by atoms with E-state index in [1.54, 1.807) is 24.3 Å². The summed E-state index contributed by atoms with van der Waals surface area (Å²) in [6, 6.07) is 24.2. The predicted molar refractivity (Wildman–Crippen MR) is 177 cm³/mol. The minimum absolute atomic E-state index is 0.0320. The van der Waals surface area contributed by atoms with Crippen molar-refractivity contribution in [1.29, 1.82) is 0 Å². The Morgan fingerprint density at radius 3 is 2.16 bits per heavy atom. The summed E-state index contributed by atoms with van der Waals surface area (Å²) >= 11 is 6.08. The van der Waals surface area contributed by atoms with Gasteiger partial charge in [-0.25, -0.2) is 8.42 Å². The molecule has 1 aliphatic heterocycles. The molecule has 0 radical (unpaired) electrons. The van der Waals surface area contributed by atoms with E-state index in [0.717, 1.165) is 55.6 Å². The quantitative estimate of drug-likeness (QED) is 0.270. The number of carbonyl (C=O) groups excluding carboxylic acids is 2. The Kier molecular flexibility index (Phi) is 11.3. The van der Waals surface area contributed by atoms with Crippen molar-refractivity contribution in [3.05, 3.63) is 101 Å². The zero-order valence-electron chi connectivity index (χ0n) is 26.1. The lowest BCUT2D eigenvalue weighted by atomic mass is 9.83. The third kappa shape index (κ3) is 8.71. The van der Waals surface area contributed by atoms with E-state index in [1.165, 1.54) is 6.26 Å². The Balaban J connectivity index is 1.33. The summed E-state index contributed by atoms with van der Waals surface area (Å²) in [7, 11) is -3.27. The fourth-order valence-corrected chi connectivity index (χ4v) is 6.64. The van der Waals surface area contributed by atoms with E-state index in [0.29, 0.717) is 11.6 Å². The molecule has 9 heteroatoms. The zero-order valence-corrected chi connectivity index (χ0v) is 27.7. The van der Waals surface area contributed by atoms with Gasteiger partial charge in [0.15, 0.2) is 9.84 Å². The predicted octanol–water partition coefficient (Wildman–Crippen LogP) is 5.82. The Bertz CT molecular complexity index is 1500. The van der Waals surface area contributed by atoms with Crippen molar-refractivity contribution in [3.8, 4) is 0 Å². The number of hydrogen-bond donors (Lipinski definition) is 1. The topological polar surface area (TPSA) is 86.8 Å². The van der Waals surface area contributed by atoms with Gasteiger partial charge in [0.2, 0.25) is 11.8 Å². The minimum atomic E-state index is -3.27. The zero-order chi connectivity index (χ0) is 31.9. The molecule has 0 bridgehead atoms. The van der Waals surface area contributed by atoms with Gasteiger partial charge in [0.05, 0.1) is 22.8 Å². The number of hydrogen-bond acceptors (Lipinski definition) is 5. The largest absolute Gasteiger partial charge is 0.348 e. The lowest BCUT2D eigenvalue weighted by Gasteiger charge is -2.39. The van der Waals surface area contributed by atoms with Gasteiger partial charge in [0.25, 0.3) is 0 Å². The molecule has 1 atom stereocenters. The third-order valence-corrected chi connectivity index (χ3v) is 10.1. The third-order valence-electron chi connectivity index (χ3n) is 8.74. The summed E-state index contributed by atoms with van der Waals surface area (Å²) in [4.78, 5) is 31.4. The van der Waals surface area contributed by atoms with Crippen LogP contribution in [-0.4, -0.2) is 68.5 Å². The lowest BCUT2D eigenvalue weighted by Crippen LogP contribution is -2.48. The van der Waals surface area contributed by atoms with Gasteiger partial charge >= 0.3 is 0 Å². The molecule has 2 amide bonds. The fourth-order valence-electron chi connectivity index (χ4n) is 5.88. The van der Waals surface area contributed by atoms with Crippen LogP contribution in [0.15, 0.2) is 83.8 Å². The second kappa shape index (κ2) is 14.7. The number of carbonyl (C=O) groups is 2. The van der Waals surface area contributed by atoms with E-state index < -0.39 is 15.3 Å². The standard InChI is InChI=1S/C35H44ClN3O4S/c1-5-39(33(40)25-26-11-17-31(18-12-26)44(4,42)43)30-19-22-38(23-20-30)24-21-32(27-9-7-6-8-10-27)37-34(41)35(2,3)28-13-15-29(36)16-14-28/h6-18,30,32H,5,19-25H2,1-4H3,(H,37,41)/t32-/m0/s1. The molecule has 3 aromatic rings. The number of likely N-dealkylation sites (tertiary alicyclic amines) is 1. The van der Waals surface area contributed by atoms with Crippen molar-refractivity contribution >= 4 is 33.3 Å². The maximum Gasteiger partial charge on any atom is 0.230 e. The Morgan fingerprint density at radius 1 is 0.977 bits per heavy atom. The minimum Gasteiger partial charge on any atom is -0.348 e. The highest BCUT2D eigenvalue weighted by atomic mass is 35.5. The average molecular weight is 638 g/mol. The van der Waals surface area contributed by atoms with Crippen LogP contribution in [0.1, 0.15) is 62.8 Å². The molecule has 0 aliphatic carbocycles. The van der Waals surface area contributed by atoms with Crippen LogP contribution in [0.2, 0.25) is 5.02 Å². The van der Waals surface area contributed by atoms with Crippen molar-refractivity contribution in [2.24, 2.45) is 0 Å². The van der Waals surface area contributed by atoms with Crippen molar-refractivity contribution in [3.63, 3.8) is 0 Å². The first kappa shape index (κ1) is 33.7. The van der Waals surface area contributed by atoms with Gasteiger partial charge in [-0.15, -0.1) is 0 Å². The molecule has 236 valence electrons. The summed E-state index contributed by atoms with van der Waals surface area (Å²) in [5.74, 6) is 0.0312. The monoisotopic (exact) mass is 637 g/mol. The van der Waals surface area contributed by atoms with Crippen LogP contribution < -0.4 is 5.32 Å². The Labute approximate surface area is 267 Å². The average Bonchev–Trinajstić information content (AvgIpc) is 3.00. The van der Waals surface area contributed by atoms with Crippen LogP contribution in [-0.2, 0) is 31.3 Å². The van der Waals surface area contributed by atoms with E-state index in [1.807, 2.05) is 68.1 Å². The summed E-state index contributed by atoms with van der Waals surface area (Å²) in [5, 5.41) is 3.97. The smallest absolute Gasteiger partial charge is 0.230 e. The molecule has 44 heavy (non-hydrogen) atoms. The maximum absolute atomic E-state index is 13.6. The number of nitrogens with one attached hydrogen (secondary N) is 1. The Hall–Kier alpha value is -3.20. The van der Waals surface area contributed by atoms with Crippen LogP contribution in [0.25, 0.3) is 0 Å². The molecule has 1 N–H and O–H groups in total. The van der Waals surface area contributed by atoms with E-state index in [-0.39, 0.29) is 35.2 Å². The van der Waals surface area contributed by atoms with Gasteiger partial charge in [-0.2, -0.15) is 0 Å². The summed E-state index contributed by atoms with van der Waals surface area (Å²) in [6.45, 7) is 9.10. The van der Waals surface area contributed by atoms with Crippen molar-refractivity contribution in [2.75, 3.05) is 32.4 Å². The molecule has 1 saturated heterocycles. The van der Waals surface area contributed by atoms with Gasteiger partial charge in [0, 0.05) is 43.5 Å². The van der Waals surface area contributed by atoms with Gasteiger partial charge < -0.3 is 15.1 Å². The van der Waals surface area contributed by atoms with Crippen LogP contribution in [0.3, 0.4) is 0 Å². The van der Waals surface area contributed by atoms with Crippen LogP contribution >= 0.6 is 11.6 Å². The maximum atomic E-state index is 13.6. The van der Waals surface area contributed by atoms with Crippen molar-refractivity contribution in [2.45, 2.75) is 68.8 Å². The number of amides is 2. The van der Waals surface area contributed by atoms with Gasteiger partial charge in [-0.3, -0.25) is 9.59 Å². The van der Waals surface area contributed by atoms with Crippen LogP contribution in [0.4, 0.5) is 0 Å². The Morgan fingerprint density at radius 2 is 1.59 bits per heavy atom. The number of benzene rings is 3. The molecule has 0 unspecified atom stereocenters. The first-order chi connectivity index (χ1) is 20.9. The van der Waals surface area contributed by atoms with Crippen molar-refractivity contribution < 1.29 is 18.0 Å². The normalized spacial score (nSPS) is 15.5. The molecular formula is C35H44ClN3O4S. The van der Waals surface area contributed by atoms with Crippen LogP contribution in [0.5, 0.6) is 0 Å². The number of halogens is 1. The van der Waals surface area contributed by atoms with E-state index >= 15 is 0 Å². The molecule has 7 nitrogen and oxygen atoms in total. The first-order valence-corrected chi connectivity index (χ1v) is 17.6. The molecule has 0 aromatic heterocycles. The summed E-state index contributed by atoms with van der Waals surface area (Å²) in [5.41, 5.74) is 2.08. The number of rotatable bonds is 12. The van der Waals surface area contributed by atoms with Gasteiger partial charge in [0.1, 0.15) is 0 Å². The van der Waals surface area contributed by atoms with E-state index in [4.69, 9.17) is 11.6 Å². The van der Waals surface area contributed by atoms with Gasteiger partial charge in [-0.1, -0.05) is 66.2 Å². The number of piperidine rings is 1. The van der Waals surface area contributed by atoms with Crippen LogP contribution in [0, 0.1) is 0 Å². The van der Waals surface area contributed by atoms with E-state index in [2.05, 4.69) is 22.3 Å². The number of sulfone groups is 1. The highest BCUT2D eigenvalue weighted by Crippen LogP contribution is 2.28. The SMILES string of the molecule is CCN(C(=O)Cc1ccc(S(C)(=O)=O)cc1)C1CCN(CC[C@H](NC(=O)C(C)(C)c2ccc(Cl)cc2)c2ccccc2)CC1. The molecular weight excluding hydrogens is 594 g/mol. The van der Waals surface area contributed by atoms with Crippen molar-refractivity contribution in [1.82, 2.24) is 15.1 Å². The lowest BCUT2D eigenvalue weighted by molar-refractivity contribution is -0.133. The molecule has 1 heterocycles. The summed E-state index contributed by atoms with van der Waals surface area (Å²) < 4.78 is 23.5. The second-order valence-electron chi connectivity index (χ2n) is 12.2. The molecule has 3 aromatic carbocycles. The molecule has 4 rings (SSSR count). The highest BCUT2D eigenvalue weighted by molar-refractivity contribution is 7.90. The van der Waals surface area contributed by atoms with E-state index in [9.17, 15) is 18.0 Å². The molecule has 0 spiro atoms. The highest BCUT2D eigenvalue weighted by Gasteiger charge is 2.32. The first-order valence-electron chi connectivity index (χ1n) is 15.3. The number of likely N-dealkylation sites (N-methyl/N-ethyl adjacent to an activating group) is 1. The molecule has 1 aliphatic rings. The van der Waals surface area contributed by atoms with Gasteiger partial charge in [-0.05, 0) is 81.0 Å². The molecule has 0 saturated carbocycles. The summed E-state index contributed by atoms with van der Waals surface area (Å²) in [6.07, 6.45) is 3.98. The fraction of sp³-hybridized carbons (Fsp3) is 0.429.